The van der Waals surface area contributed by atoms with Crippen molar-refractivity contribution in [2.75, 3.05) is 10.2 Å². The van der Waals surface area contributed by atoms with Gasteiger partial charge in [0.05, 0.1) is 26.4 Å². The molecule has 1 aliphatic rings. The summed E-state index contributed by atoms with van der Waals surface area (Å²) in [6.45, 7) is 0. The number of amidine groups is 1. The molecule has 3 aromatic rings. The van der Waals surface area contributed by atoms with Crippen LogP contribution in [-0.4, -0.2) is 41.6 Å². The molecule has 0 atom stereocenters. The van der Waals surface area contributed by atoms with Crippen LogP contribution in [0.1, 0.15) is 5.56 Å². The third kappa shape index (κ3) is 6.53. The van der Waals surface area contributed by atoms with Gasteiger partial charge in [0.25, 0.3) is 31.8 Å². The molecule has 198 valence electrons. The Hall–Kier alpha value is -2.76. The maximum Gasteiger partial charge on any atom is 1.00 e. The average molecular weight is 700 g/mol. The number of hydrazone groups is 1. The van der Waals surface area contributed by atoms with Gasteiger partial charge in [0.15, 0.2) is 5.69 Å². The van der Waals surface area contributed by atoms with Gasteiger partial charge >= 0.3 is 35.2 Å². The monoisotopic (exact) mass is 700 g/mol. The van der Waals surface area contributed by atoms with E-state index in [0.29, 0.717) is 11.8 Å². The Bertz CT molecular complexity index is 1740. The summed E-state index contributed by atoms with van der Waals surface area (Å²) in [5.74, 6) is -0.189. The molecule has 0 saturated heterocycles. The summed E-state index contributed by atoms with van der Waals surface area (Å²) in [5.41, 5.74) is -0.131. The standard InChI is InChI=1S/C19H13IN6O10S2.Na/c20-11-1-3-12(4-2-11)23-21-19(15-7-6-14(37(31,32)33)10-18(15)38(34,35)36)22-24(23)16-8-5-13(25(27)28)9-17(16)26(29)30;/h1-10H,(H,21,22)(H,31,32,33)(H,34,35,36);/q;+1/p+1. The van der Waals surface area contributed by atoms with Crippen LogP contribution in [0.25, 0.3) is 0 Å². The molecule has 1 aliphatic heterocycles. The number of anilines is 2. The predicted molar refractivity (Wildman–Crippen MR) is 138 cm³/mol. The van der Waals surface area contributed by atoms with Gasteiger partial charge in [-0.2, -0.15) is 22.3 Å². The molecule has 0 bridgehead atoms. The third-order valence-electron chi connectivity index (χ3n) is 5.13. The van der Waals surface area contributed by atoms with Gasteiger partial charge in [0.1, 0.15) is 10.6 Å². The molecule has 4 N–H and O–H groups in total. The van der Waals surface area contributed by atoms with Gasteiger partial charge in [-0.3, -0.25) is 29.3 Å². The average Bonchev–Trinajstić information content (AvgIpc) is 3.27. The SMILES string of the molecule is O=[N+]([O-])c1ccc(N2N=C(c3ccc(S(=O)(=O)O)cc3S(=O)(=O)O)[NH2+]N2c2ccc(I)cc2)c([N+](=O)[O-])c1.[Na+]. The first-order chi connectivity index (χ1) is 17.7. The van der Waals surface area contributed by atoms with E-state index in [2.05, 4.69) is 5.10 Å². The van der Waals surface area contributed by atoms with E-state index < -0.39 is 51.2 Å². The fourth-order valence-corrected chi connectivity index (χ4v) is 5.11. The zero-order valence-electron chi connectivity index (χ0n) is 19.4. The number of hydrogen-bond acceptors (Lipinski definition) is 11. The number of nitrogens with zero attached hydrogens (tertiary/aromatic N) is 5. The van der Waals surface area contributed by atoms with Crippen molar-refractivity contribution in [1.82, 2.24) is 0 Å². The van der Waals surface area contributed by atoms with Crippen LogP contribution in [-0.2, 0) is 20.2 Å². The molecular weight excluding hydrogens is 686 g/mol. The van der Waals surface area contributed by atoms with E-state index >= 15 is 0 Å². The van der Waals surface area contributed by atoms with Crippen LogP contribution in [0.2, 0.25) is 0 Å². The molecule has 0 fully saturated rings. The normalized spacial score (nSPS) is 13.6. The Kier molecular flexibility index (Phi) is 8.98. The topological polar surface area (TPSA) is 230 Å². The summed E-state index contributed by atoms with van der Waals surface area (Å²) in [6.07, 6.45) is 0. The number of non-ortho nitro benzene ring substituents is 1. The van der Waals surface area contributed by atoms with Crippen molar-refractivity contribution in [3.63, 3.8) is 0 Å². The van der Waals surface area contributed by atoms with Crippen molar-refractivity contribution in [3.05, 3.63) is 90.0 Å². The first-order valence-corrected chi connectivity index (χ1v) is 13.9. The maximum absolute atomic E-state index is 12.1. The van der Waals surface area contributed by atoms with Gasteiger partial charge in [-0.25, -0.2) is 0 Å². The summed E-state index contributed by atoms with van der Waals surface area (Å²) in [7, 11) is -9.90. The molecule has 3 aromatic carbocycles. The number of nitrogens with two attached hydrogens (primary N) is 1. The number of hydrazine groups is 1. The molecule has 0 aliphatic carbocycles. The zero-order valence-corrected chi connectivity index (χ0v) is 25.2. The van der Waals surface area contributed by atoms with Crippen LogP contribution in [0.5, 0.6) is 0 Å². The minimum Gasteiger partial charge on any atom is -0.282 e. The van der Waals surface area contributed by atoms with Gasteiger partial charge in [-0.05, 0) is 71.1 Å². The predicted octanol–water partition coefficient (Wildman–Crippen LogP) is -1.31. The number of nitro benzene ring substituents is 2. The number of benzene rings is 3. The Balaban J connectivity index is 0.00000420. The largest absolute Gasteiger partial charge is 1.00 e. The second-order valence-corrected chi connectivity index (χ2v) is 11.6. The minimum atomic E-state index is -5.06. The van der Waals surface area contributed by atoms with Gasteiger partial charge in [0, 0.05) is 9.64 Å². The molecule has 16 nitrogen and oxygen atoms in total. The Morgan fingerprint density at radius 1 is 0.872 bits per heavy atom. The van der Waals surface area contributed by atoms with E-state index in [9.17, 15) is 46.2 Å². The second kappa shape index (κ2) is 11.4. The summed E-state index contributed by atoms with van der Waals surface area (Å²) >= 11 is 2.05. The molecule has 20 heteroatoms. The summed E-state index contributed by atoms with van der Waals surface area (Å²) in [4.78, 5) is 19.6. The number of nitro groups is 2. The molecule has 0 aromatic heterocycles. The zero-order chi connectivity index (χ0) is 28.0. The number of rotatable bonds is 7. The fourth-order valence-electron chi connectivity index (χ4n) is 3.45. The van der Waals surface area contributed by atoms with Crippen LogP contribution in [0.3, 0.4) is 0 Å². The van der Waals surface area contributed by atoms with Crippen LogP contribution in [0, 0.1) is 23.8 Å². The third-order valence-corrected chi connectivity index (χ3v) is 7.59. The minimum absolute atomic E-state index is 0. The molecule has 39 heavy (non-hydrogen) atoms. The van der Waals surface area contributed by atoms with Crippen LogP contribution < -0.4 is 45.2 Å². The van der Waals surface area contributed by atoms with Crippen LogP contribution in [0.4, 0.5) is 22.7 Å². The summed E-state index contributed by atoms with van der Waals surface area (Å²) in [5, 5.41) is 29.5. The molecule has 0 unspecified atom stereocenters. The van der Waals surface area contributed by atoms with Gasteiger partial charge < -0.3 is 0 Å². The van der Waals surface area contributed by atoms with Gasteiger partial charge in [-0.15, -0.1) is 10.2 Å². The van der Waals surface area contributed by atoms with Gasteiger partial charge in [0.2, 0.25) is 0 Å². The Morgan fingerprint density at radius 2 is 1.51 bits per heavy atom. The molecule has 0 radical (unpaired) electrons. The van der Waals surface area contributed by atoms with Crippen molar-refractivity contribution in [3.8, 4) is 0 Å². The summed E-state index contributed by atoms with van der Waals surface area (Å²) in [6, 6.07) is 11.9. The van der Waals surface area contributed by atoms with Crippen LogP contribution >= 0.6 is 22.6 Å². The van der Waals surface area contributed by atoms with Crippen molar-refractivity contribution >= 4 is 71.4 Å². The molecule has 4 rings (SSSR count). The van der Waals surface area contributed by atoms with E-state index in [4.69, 9.17) is 0 Å². The van der Waals surface area contributed by atoms with E-state index in [1.807, 2.05) is 22.6 Å². The smallest absolute Gasteiger partial charge is 0.282 e. The number of quaternary nitrogens is 1. The molecule has 0 amide bonds. The van der Waals surface area contributed by atoms with E-state index in [1.165, 1.54) is 10.5 Å². The summed E-state index contributed by atoms with van der Waals surface area (Å²) < 4.78 is 67.2. The van der Waals surface area contributed by atoms with Gasteiger partial charge in [-0.1, -0.05) is 5.10 Å². The first kappa shape index (κ1) is 30.8. The Morgan fingerprint density at radius 3 is 2.05 bits per heavy atom. The van der Waals surface area contributed by atoms with Crippen LogP contribution in [0.15, 0.2) is 75.6 Å². The first-order valence-electron chi connectivity index (χ1n) is 9.97. The van der Waals surface area contributed by atoms with E-state index in [0.717, 1.165) is 39.0 Å². The number of hydrogen-bond donors (Lipinski definition) is 3. The van der Waals surface area contributed by atoms with E-state index in [1.54, 1.807) is 24.3 Å². The van der Waals surface area contributed by atoms with Crippen molar-refractivity contribution in [1.29, 1.82) is 0 Å². The molecule has 0 saturated carbocycles. The Labute approximate surface area is 255 Å². The van der Waals surface area contributed by atoms with Crippen molar-refractivity contribution in [2.24, 2.45) is 5.10 Å². The van der Waals surface area contributed by atoms with Crippen molar-refractivity contribution < 1.29 is 70.8 Å². The quantitative estimate of drug-likeness (QED) is 0.0652. The van der Waals surface area contributed by atoms with E-state index in [-0.39, 0.29) is 46.6 Å². The molecule has 1 heterocycles. The molecular formula is C19H14IN6NaO10S2+2. The molecule has 0 spiro atoms. The number of halogens is 1. The fraction of sp³-hybridized carbons (Fsp3) is 0. The second-order valence-electron chi connectivity index (χ2n) is 7.52. The van der Waals surface area contributed by atoms with Crippen molar-refractivity contribution in [2.45, 2.75) is 9.79 Å². The maximum atomic E-state index is 12.1.